The molecule has 0 aliphatic rings. The summed E-state index contributed by atoms with van der Waals surface area (Å²) in [5, 5.41) is 0.764. The van der Waals surface area contributed by atoms with E-state index in [0.717, 1.165) is 22.1 Å². The van der Waals surface area contributed by atoms with E-state index in [1.165, 1.54) is 0 Å². The zero-order chi connectivity index (χ0) is 8.97. The van der Waals surface area contributed by atoms with E-state index < -0.39 is 0 Å². The van der Waals surface area contributed by atoms with Gasteiger partial charge in [-0.3, -0.25) is 0 Å². The van der Waals surface area contributed by atoms with Crippen molar-refractivity contribution >= 4 is 23.4 Å². The second-order valence-electron chi connectivity index (χ2n) is 2.39. The van der Waals surface area contributed by atoms with Crippen LogP contribution in [0.1, 0.15) is 5.56 Å². The average molecular weight is 203 g/mol. The summed E-state index contributed by atoms with van der Waals surface area (Å²) in [6.45, 7) is 0. The molecule has 1 aromatic carbocycles. The predicted octanol–water partition coefficient (Wildman–Crippen LogP) is 3.21. The van der Waals surface area contributed by atoms with Crippen molar-refractivity contribution in [1.82, 2.24) is 0 Å². The van der Waals surface area contributed by atoms with E-state index in [-0.39, 0.29) is 0 Å². The quantitative estimate of drug-likeness (QED) is 0.745. The van der Waals surface area contributed by atoms with E-state index in [4.69, 9.17) is 16.3 Å². The highest BCUT2D eigenvalue weighted by Gasteiger charge is 2.01. The molecule has 0 spiro atoms. The van der Waals surface area contributed by atoms with Crippen LogP contribution in [0.3, 0.4) is 0 Å². The van der Waals surface area contributed by atoms with Crippen LogP contribution in [0, 0.1) is 0 Å². The van der Waals surface area contributed by atoms with Gasteiger partial charge in [-0.25, -0.2) is 0 Å². The van der Waals surface area contributed by atoms with Gasteiger partial charge in [0, 0.05) is 16.3 Å². The summed E-state index contributed by atoms with van der Waals surface area (Å²) in [6.07, 6.45) is 2.06. The molecule has 0 aliphatic carbocycles. The van der Waals surface area contributed by atoms with Crippen LogP contribution in [0.25, 0.3) is 0 Å². The Kier molecular flexibility index (Phi) is 3.76. The molecule has 1 rings (SSSR count). The Labute approximate surface area is 82.1 Å². The van der Waals surface area contributed by atoms with Crippen LogP contribution in [0.2, 0.25) is 5.02 Å². The molecule has 0 radical (unpaired) electrons. The van der Waals surface area contributed by atoms with Gasteiger partial charge in [0.2, 0.25) is 0 Å². The third-order valence-electron chi connectivity index (χ3n) is 1.54. The minimum absolute atomic E-state index is 0.764. The maximum atomic E-state index is 5.84. The second-order valence-corrected chi connectivity index (χ2v) is 3.69. The van der Waals surface area contributed by atoms with Gasteiger partial charge in [-0.15, -0.1) is 0 Å². The zero-order valence-corrected chi connectivity index (χ0v) is 8.71. The van der Waals surface area contributed by atoms with Crippen LogP contribution in [-0.2, 0) is 5.75 Å². The largest absolute Gasteiger partial charge is 0.496 e. The molecule has 0 aliphatic heterocycles. The third kappa shape index (κ3) is 2.32. The number of rotatable bonds is 3. The molecule has 0 amide bonds. The number of methoxy groups -OCH3 is 1. The van der Waals surface area contributed by atoms with Gasteiger partial charge in [0.05, 0.1) is 7.11 Å². The first-order valence-corrected chi connectivity index (χ1v) is 5.36. The standard InChI is InChI=1S/C9H11ClOS/c1-11-9-4-3-8(10)5-7(9)6-12-2/h3-5H,6H2,1-2H3. The Morgan fingerprint density at radius 3 is 2.83 bits per heavy atom. The molecular formula is C9H11ClOS. The Morgan fingerprint density at radius 2 is 2.25 bits per heavy atom. The maximum Gasteiger partial charge on any atom is 0.122 e. The zero-order valence-electron chi connectivity index (χ0n) is 7.13. The summed E-state index contributed by atoms with van der Waals surface area (Å²) in [7, 11) is 1.67. The SMILES string of the molecule is COc1ccc(Cl)cc1CSC. The Hall–Kier alpha value is -0.340. The normalized spacial score (nSPS) is 9.92. The number of hydrogen-bond acceptors (Lipinski definition) is 2. The molecule has 1 aromatic rings. The molecule has 0 fully saturated rings. The Bertz CT molecular complexity index is 263. The fourth-order valence-corrected chi connectivity index (χ4v) is 1.75. The summed E-state index contributed by atoms with van der Waals surface area (Å²) in [6, 6.07) is 5.68. The van der Waals surface area contributed by atoms with E-state index in [1.807, 2.05) is 18.2 Å². The maximum absolute atomic E-state index is 5.84. The highest BCUT2D eigenvalue weighted by Crippen LogP contribution is 2.25. The van der Waals surface area contributed by atoms with Crippen molar-refractivity contribution in [3.05, 3.63) is 28.8 Å². The Balaban J connectivity index is 2.95. The van der Waals surface area contributed by atoms with Gasteiger partial charge in [-0.05, 0) is 24.5 Å². The van der Waals surface area contributed by atoms with Gasteiger partial charge in [-0.2, -0.15) is 11.8 Å². The average Bonchev–Trinajstić information content (AvgIpc) is 2.05. The van der Waals surface area contributed by atoms with Crippen molar-refractivity contribution in [2.45, 2.75) is 5.75 Å². The Morgan fingerprint density at radius 1 is 1.50 bits per heavy atom. The predicted molar refractivity (Wildman–Crippen MR) is 55.2 cm³/mol. The lowest BCUT2D eigenvalue weighted by molar-refractivity contribution is 0.411. The molecule has 0 unspecified atom stereocenters. The molecule has 0 N–H and O–H groups in total. The van der Waals surface area contributed by atoms with Crippen molar-refractivity contribution < 1.29 is 4.74 Å². The van der Waals surface area contributed by atoms with Crippen molar-refractivity contribution in [2.75, 3.05) is 13.4 Å². The van der Waals surface area contributed by atoms with E-state index >= 15 is 0 Å². The molecular weight excluding hydrogens is 192 g/mol. The number of ether oxygens (including phenoxy) is 1. The molecule has 1 nitrogen and oxygen atoms in total. The van der Waals surface area contributed by atoms with Gasteiger partial charge >= 0.3 is 0 Å². The van der Waals surface area contributed by atoms with Crippen molar-refractivity contribution in [2.24, 2.45) is 0 Å². The summed E-state index contributed by atoms with van der Waals surface area (Å²) in [5.74, 6) is 1.85. The molecule has 0 atom stereocenters. The highest BCUT2D eigenvalue weighted by atomic mass is 35.5. The molecule has 0 bridgehead atoms. The first-order valence-electron chi connectivity index (χ1n) is 3.59. The molecule has 0 aromatic heterocycles. The number of thioether (sulfide) groups is 1. The van der Waals surface area contributed by atoms with Gasteiger partial charge in [-0.1, -0.05) is 11.6 Å². The van der Waals surface area contributed by atoms with Crippen LogP contribution < -0.4 is 4.74 Å². The summed E-state index contributed by atoms with van der Waals surface area (Å²) < 4.78 is 5.18. The van der Waals surface area contributed by atoms with Crippen molar-refractivity contribution in [3.8, 4) is 5.75 Å². The van der Waals surface area contributed by atoms with Crippen LogP contribution in [0.4, 0.5) is 0 Å². The minimum Gasteiger partial charge on any atom is -0.496 e. The second kappa shape index (κ2) is 4.63. The number of benzene rings is 1. The fraction of sp³-hybridized carbons (Fsp3) is 0.333. The lowest BCUT2D eigenvalue weighted by atomic mass is 10.2. The van der Waals surface area contributed by atoms with Crippen LogP contribution in [-0.4, -0.2) is 13.4 Å². The number of hydrogen-bond donors (Lipinski definition) is 0. The summed E-state index contributed by atoms with van der Waals surface area (Å²) >= 11 is 7.60. The van der Waals surface area contributed by atoms with Crippen LogP contribution in [0.15, 0.2) is 18.2 Å². The van der Waals surface area contributed by atoms with Gasteiger partial charge < -0.3 is 4.74 Å². The topological polar surface area (TPSA) is 9.23 Å². The first kappa shape index (κ1) is 9.75. The smallest absolute Gasteiger partial charge is 0.122 e. The molecule has 0 saturated carbocycles. The third-order valence-corrected chi connectivity index (χ3v) is 2.38. The summed E-state index contributed by atoms with van der Waals surface area (Å²) in [4.78, 5) is 0. The van der Waals surface area contributed by atoms with Gasteiger partial charge in [0.25, 0.3) is 0 Å². The molecule has 3 heteroatoms. The number of halogens is 1. The van der Waals surface area contributed by atoms with Crippen molar-refractivity contribution in [3.63, 3.8) is 0 Å². The molecule has 12 heavy (non-hydrogen) atoms. The fourth-order valence-electron chi connectivity index (χ4n) is 1.02. The van der Waals surface area contributed by atoms with Crippen LogP contribution in [0.5, 0.6) is 5.75 Å². The van der Waals surface area contributed by atoms with Gasteiger partial charge in [0.1, 0.15) is 5.75 Å². The molecule has 66 valence electrons. The highest BCUT2D eigenvalue weighted by molar-refractivity contribution is 7.97. The molecule has 0 saturated heterocycles. The monoisotopic (exact) mass is 202 g/mol. The van der Waals surface area contributed by atoms with Crippen molar-refractivity contribution in [1.29, 1.82) is 0 Å². The molecule has 0 heterocycles. The van der Waals surface area contributed by atoms with E-state index in [0.29, 0.717) is 0 Å². The minimum atomic E-state index is 0.764. The lowest BCUT2D eigenvalue weighted by Crippen LogP contribution is -1.89. The van der Waals surface area contributed by atoms with E-state index in [1.54, 1.807) is 18.9 Å². The van der Waals surface area contributed by atoms with Crippen LogP contribution >= 0.6 is 23.4 Å². The first-order chi connectivity index (χ1) is 5.77. The lowest BCUT2D eigenvalue weighted by Gasteiger charge is -2.06. The van der Waals surface area contributed by atoms with Gasteiger partial charge in [0.15, 0.2) is 0 Å². The van der Waals surface area contributed by atoms with E-state index in [9.17, 15) is 0 Å². The van der Waals surface area contributed by atoms with E-state index in [2.05, 4.69) is 6.26 Å². The summed E-state index contributed by atoms with van der Waals surface area (Å²) in [5.41, 5.74) is 1.15.